The van der Waals surface area contributed by atoms with Gasteiger partial charge in [-0.05, 0) is 18.8 Å². The molecule has 1 amide bonds. The van der Waals surface area contributed by atoms with Gasteiger partial charge in [0.05, 0.1) is 0 Å². The largest absolute Gasteiger partial charge is 0.342 e. The van der Waals surface area contributed by atoms with E-state index >= 15 is 0 Å². The number of carbonyl (C=O) groups is 1. The summed E-state index contributed by atoms with van der Waals surface area (Å²) < 4.78 is 0. The SMILES string of the molecule is CCCC1CCC(=O)N(CCBr)CC1. The number of hydrogen-bond donors (Lipinski definition) is 0. The van der Waals surface area contributed by atoms with Crippen molar-refractivity contribution in [2.75, 3.05) is 18.4 Å². The summed E-state index contributed by atoms with van der Waals surface area (Å²) >= 11 is 3.39. The number of rotatable bonds is 4. The van der Waals surface area contributed by atoms with E-state index in [1.807, 2.05) is 4.90 Å². The molecule has 1 saturated heterocycles. The maximum atomic E-state index is 11.7. The summed E-state index contributed by atoms with van der Waals surface area (Å²) in [4.78, 5) is 13.7. The topological polar surface area (TPSA) is 20.3 Å². The summed E-state index contributed by atoms with van der Waals surface area (Å²) in [5, 5.41) is 0.900. The molecule has 0 aliphatic carbocycles. The Morgan fingerprint density at radius 2 is 2.29 bits per heavy atom. The van der Waals surface area contributed by atoms with Crippen molar-refractivity contribution < 1.29 is 4.79 Å². The van der Waals surface area contributed by atoms with Crippen molar-refractivity contribution in [2.45, 2.75) is 39.0 Å². The first-order valence-electron chi connectivity index (χ1n) is 5.61. The molecule has 0 bridgehead atoms. The lowest BCUT2D eigenvalue weighted by atomic mass is 9.96. The van der Waals surface area contributed by atoms with Gasteiger partial charge < -0.3 is 4.90 Å². The van der Waals surface area contributed by atoms with Gasteiger partial charge >= 0.3 is 0 Å². The highest BCUT2D eigenvalue weighted by atomic mass is 79.9. The Balaban J connectivity index is 2.40. The molecule has 0 spiro atoms. The lowest BCUT2D eigenvalue weighted by molar-refractivity contribution is -0.130. The van der Waals surface area contributed by atoms with Gasteiger partial charge in [0.2, 0.25) is 5.91 Å². The smallest absolute Gasteiger partial charge is 0.222 e. The number of carbonyl (C=O) groups excluding carboxylic acids is 1. The zero-order valence-electron chi connectivity index (χ0n) is 8.97. The quantitative estimate of drug-likeness (QED) is 0.713. The number of halogens is 1. The fraction of sp³-hybridized carbons (Fsp3) is 0.909. The Bertz CT molecular complexity index is 184. The second-order valence-electron chi connectivity index (χ2n) is 4.05. The standard InChI is InChI=1S/C11H20BrNO/c1-2-3-10-4-5-11(14)13(8-6-10)9-7-12/h10H,2-9H2,1H3. The van der Waals surface area contributed by atoms with Crippen LogP contribution in [0.4, 0.5) is 0 Å². The molecule has 14 heavy (non-hydrogen) atoms. The summed E-state index contributed by atoms with van der Waals surface area (Å²) in [6, 6.07) is 0. The highest BCUT2D eigenvalue weighted by Crippen LogP contribution is 2.22. The number of alkyl halides is 1. The van der Waals surface area contributed by atoms with Crippen LogP contribution in [-0.4, -0.2) is 29.2 Å². The Labute approximate surface area is 95.2 Å². The van der Waals surface area contributed by atoms with Crippen LogP contribution < -0.4 is 0 Å². The molecule has 0 aromatic carbocycles. The normalized spacial score (nSPS) is 23.7. The van der Waals surface area contributed by atoms with Gasteiger partial charge in [-0.15, -0.1) is 0 Å². The van der Waals surface area contributed by atoms with Crippen molar-refractivity contribution >= 4 is 21.8 Å². The maximum absolute atomic E-state index is 11.7. The second-order valence-corrected chi connectivity index (χ2v) is 4.84. The van der Waals surface area contributed by atoms with Crippen LogP contribution in [0.2, 0.25) is 0 Å². The van der Waals surface area contributed by atoms with Gasteiger partial charge in [0, 0.05) is 24.8 Å². The zero-order chi connectivity index (χ0) is 10.4. The van der Waals surface area contributed by atoms with E-state index in [2.05, 4.69) is 22.9 Å². The Kier molecular flexibility index (Phi) is 5.53. The molecule has 0 aromatic rings. The maximum Gasteiger partial charge on any atom is 0.222 e. The van der Waals surface area contributed by atoms with E-state index in [-0.39, 0.29) is 0 Å². The van der Waals surface area contributed by atoms with Crippen LogP contribution in [0.5, 0.6) is 0 Å². The van der Waals surface area contributed by atoms with Crippen LogP contribution in [0.15, 0.2) is 0 Å². The molecular formula is C11H20BrNO. The van der Waals surface area contributed by atoms with Crippen LogP contribution in [0.25, 0.3) is 0 Å². The zero-order valence-corrected chi connectivity index (χ0v) is 10.6. The van der Waals surface area contributed by atoms with Crippen LogP contribution in [-0.2, 0) is 4.79 Å². The molecule has 1 heterocycles. The van der Waals surface area contributed by atoms with Crippen LogP contribution in [0, 0.1) is 5.92 Å². The van der Waals surface area contributed by atoms with Crippen molar-refractivity contribution in [1.82, 2.24) is 4.90 Å². The fourth-order valence-electron chi connectivity index (χ4n) is 2.13. The average molecular weight is 262 g/mol. The van der Waals surface area contributed by atoms with E-state index in [4.69, 9.17) is 0 Å². The first kappa shape index (κ1) is 12.0. The van der Waals surface area contributed by atoms with Crippen molar-refractivity contribution in [1.29, 1.82) is 0 Å². The number of nitrogens with zero attached hydrogens (tertiary/aromatic N) is 1. The third-order valence-electron chi connectivity index (χ3n) is 2.98. The van der Waals surface area contributed by atoms with Gasteiger partial charge in [-0.3, -0.25) is 4.79 Å². The molecule has 0 aromatic heterocycles. The lowest BCUT2D eigenvalue weighted by Gasteiger charge is -2.19. The lowest BCUT2D eigenvalue weighted by Crippen LogP contribution is -2.31. The minimum Gasteiger partial charge on any atom is -0.342 e. The van der Waals surface area contributed by atoms with Crippen molar-refractivity contribution in [2.24, 2.45) is 5.92 Å². The summed E-state index contributed by atoms with van der Waals surface area (Å²) in [5.74, 6) is 1.13. The van der Waals surface area contributed by atoms with Gasteiger partial charge in [-0.2, -0.15) is 0 Å². The van der Waals surface area contributed by atoms with E-state index in [1.165, 1.54) is 19.3 Å². The number of amides is 1. The molecule has 0 saturated carbocycles. The summed E-state index contributed by atoms with van der Waals surface area (Å²) in [7, 11) is 0. The molecule has 1 atom stereocenters. The molecule has 1 aliphatic heterocycles. The molecular weight excluding hydrogens is 242 g/mol. The number of hydrogen-bond acceptors (Lipinski definition) is 1. The minimum atomic E-state index is 0.350. The van der Waals surface area contributed by atoms with Gasteiger partial charge in [0.1, 0.15) is 0 Å². The Morgan fingerprint density at radius 3 is 2.93 bits per heavy atom. The average Bonchev–Trinajstić information content (AvgIpc) is 2.34. The molecule has 1 unspecified atom stereocenters. The van der Waals surface area contributed by atoms with E-state index in [0.717, 1.165) is 37.2 Å². The molecule has 82 valence electrons. The van der Waals surface area contributed by atoms with Crippen LogP contribution in [0.3, 0.4) is 0 Å². The van der Waals surface area contributed by atoms with Crippen molar-refractivity contribution in [3.63, 3.8) is 0 Å². The van der Waals surface area contributed by atoms with Crippen molar-refractivity contribution in [3.8, 4) is 0 Å². The van der Waals surface area contributed by atoms with Crippen molar-refractivity contribution in [3.05, 3.63) is 0 Å². The van der Waals surface area contributed by atoms with Crippen LogP contribution in [0.1, 0.15) is 39.0 Å². The molecule has 1 rings (SSSR count). The predicted molar refractivity (Wildman–Crippen MR) is 62.6 cm³/mol. The van der Waals surface area contributed by atoms with Gasteiger partial charge in [-0.25, -0.2) is 0 Å². The van der Waals surface area contributed by atoms with Crippen LogP contribution >= 0.6 is 15.9 Å². The monoisotopic (exact) mass is 261 g/mol. The molecule has 1 fully saturated rings. The molecule has 0 N–H and O–H groups in total. The molecule has 0 radical (unpaired) electrons. The van der Waals surface area contributed by atoms with E-state index < -0.39 is 0 Å². The molecule has 3 heteroatoms. The summed E-state index contributed by atoms with van der Waals surface area (Å²) in [5.41, 5.74) is 0. The minimum absolute atomic E-state index is 0.350. The highest BCUT2D eigenvalue weighted by molar-refractivity contribution is 9.09. The molecule has 2 nitrogen and oxygen atoms in total. The van der Waals surface area contributed by atoms with Gasteiger partial charge in [0.25, 0.3) is 0 Å². The third kappa shape index (κ3) is 3.60. The second kappa shape index (κ2) is 6.44. The fourth-order valence-corrected chi connectivity index (χ4v) is 2.56. The predicted octanol–water partition coefficient (Wildman–Crippen LogP) is 2.81. The molecule has 1 aliphatic rings. The Morgan fingerprint density at radius 1 is 1.50 bits per heavy atom. The first-order chi connectivity index (χ1) is 6.77. The van der Waals surface area contributed by atoms with Gasteiger partial charge in [0.15, 0.2) is 0 Å². The first-order valence-corrected chi connectivity index (χ1v) is 6.73. The highest BCUT2D eigenvalue weighted by Gasteiger charge is 2.20. The summed E-state index contributed by atoms with van der Waals surface area (Å²) in [6.45, 7) is 4.07. The Hall–Kier alpha value is -0.0500. The van der Waals surface area contributed by atoms with E-state index in [9.17, 15) is 4.79 Å². The number of likely N-dealkylation sites (tertiary alicyclic amines) is 1. The van der Waals surface area contributed by atoms with E-state index in [0.29, 0.717) is 5.91 Å². The third-order valence-corrected chi connectivity index (χ3v) is 3.33. The van der Waals surface area contributed by atoms with Gasteiger partial charge in [-0.1, -0.05) is 35.7 Å². The summed E-state index contributed by atoms with van der Waals surface area (Å²) in [6.07, 6.45) is 5.60. The van der Waals surface area contributed by atoms with E-state index in [1.54, 1.807) is 0 Å².